The number of anilines is 1. The molecule has 0 fully saturated rings. The van der Waals surface area contributed by atoms with Crippen LogP contribution in [0.4, 0.5) is 5.82 Å². The third-order valence-corrected chi connectivity index (χ3v) is 4.57. The molecule has 0 aliphatic heterocycles. The first-order valence-corrected chi connectivity index (χ1v) is 8.93. The highest BCUT2D eigenvalue weighted by molar-refractivity contribution is 7.13. The Kier molecular flexibility index (Phi) is 5.51. The van der Waals surface area contributed by atoms with E-state index in [4.69, 9.17) is 9.26 Å². The van der Waals surface area contributed by atoms with E-state index in [9.17, 15) is 9.59 Å². The maximum absolute atomic E-state index is 12.5. The number of hydrogen-bond donors (Lipinski definition) is 1. The molecule has 2 aromatic heterocycles. The molecule has 0 radical (unpaired) electrons. The van der Waals surface area contributed by atoms with Crippen molar-refractivity contribution >= 4 is 29.0 Å². The molecule has 3 rings (SSSR count). The number of aromatic nitrogens is 2. The van der Waals surface area contributed by atoms with Crippen molar-refractivity contribution < 1.29 is 18.8 Å². The number of rotatable bonds is 6. The molecule has 3 aromatic rings. The third kappa shape index (κ3) is 4.50. The van der Waals surface area contributed by atoms with Crippen LogP contribution < -0.4 is 10.1 Å². The van der Waals surface area contributed by atoms with Crippen molar-refractivity contribution in [2.75, 3.05) is 26.0 Å². The van der Waals surface area contributed by atoms with Gasteiger partial charge in [0.2, 0.25) is 5.91 Å². The van der Waals surface area contributed by atoms with Gasteiger partial charge in [-0.3, -0.25) is 9.59 Å². The minimum Gasteiger partial charge on any atom is -0.497 e. The number of thiazole rings is 1. The number of carbonyl (C=O) groups is 2. The molecule has 0 saturated carbocycles. The van der Waals surface area contributed by atoms with Crippen LogP contribution in [-0.2, 0) is 4.79 Å². The lowest BCUT2D eigenvalue weighted by Gasteiger charge is -2.14. The Balaban J connectivity index is 1.62. The van der Waals surface area contributed by atoms with Gasteiger partial charge >= 0.3 is 0 Å². The number of nitrogens with zero attached hydrogens (tertiary/aromatic N) is 3. The number of nitrogens with one attached hydrogen (secondary N) is 1. The highest BCUT2D eigenvalue weighted by Crippen LogP contribution is 2.26. The van der Waals surface area contributed by atoms with Crippen LogP contribution in [0.3, 0.4) is 0 Å². The smallest absolute Gasteiger partial charge is 0.273 e. The molecule has 0 saturated heterocycles. The molecule has 140 valence electrons. The van der Waals surface area contributed by atoms with Gasteiger partial charge in [0.1, 0.15) is 22.2 Å². The monoisotopic (exact) mass is 386 g/mol. The van der Waals surface area contributed by atoms with Crippen LogP contribution >= 0.6 is 11.3 Å². The first-order valence-electron chi connectivity index (χ1n) is 8.05. The van der Waals surface area contributed by atoms with Gasteiger partial charge in [-0.25, -0.2) is 4.98 Å². The second-order valence-corrected chi connectivity index (χ2v) is 6.66. The number of methoxy groups -OCH3 is 1. The zero-order valence-corrected chi connectivity index (χ0v) is 15.9. The number of amides is 2. The van der Waals surface area contributed by atoms with Crippen LogP contribution in [0, 0.1) is 6.92 Å². The summed E-state index contributed by atoms with van der Waals surface area (Å²) >= 11 is 1.36. The Morgan fingerprint density at radius 3 is 2.67 bits per heavy atom. The first kappa shape index (κ1) is 18.6. The predicted octanol–water partition coefficient (Wildman–Crippen LogP) is 2.83. The molecule has 8 nitrogen and oxygen atoms in total. The van der Waals surface area contributed by atoms with E-state index in [1.165, 1.54) is 16.2 Å². The van der Waals surface area contributed by atoms with Crippen LogP contribution in [0.15, 0.2) is 40.2 Å². The summed E-state index contributed by atoms with van der Waals surface area (Å²) in [7, 11) is 3.15. The third-order valence-electron chi connectivity index (χ3n) is 3.68. The summed E-state index contributed by atoms with van der Waals surface area (Å²) in [6.45, 7) is 1.60. The minimum absolute atomic E-state index is 0.125. The van der Waals surface area contributed by atoms with Gasteiger partial charge in [0.25, 0.3) is 5.91 Å². The molecule has 0 unspecified atom stereocenters. The summed E-state index contributed by atoms with van der Waals surface area (Å²) in [5.74, 6) is 0.943. The zero-order valence-electron chi connectivity index (χ0n) is 15.1. The second kappa shape index (κ2) is 8.00. The van der Waals surface area contributed by atoms with E-state index in [2.05, 4.69) is 15.5 Å². The summed E-state index contributed by atoms with van der Waals surface area (Å²) in [4.78, 5) is 30.2. The molecule has 1 aromatic carbocycles. The number of benzene rings is 1. The van der Waals surface area contributed by atoms with Crippen LogP contribution in [0.1, 0.15) is 16.2 Å². The quantitative estimate of drug-likeness (QED) is 0.700. The number of ether oxygens (including phenoxy) is 1. The second-order valence-electron chi connectivity index (χ2n) is 5.80. The van der Waals surface area contributed by atoms with Crippen molar-refractivity contribution in [3.8, 4) is 16.3 Å². The zero-order chi connectivity index (χ0) is 19.4. The van der Waals surface area contributed by atoms with Gasteiger partial charge in [0.15, 0.2) is 5.82 Å². The molecular weight excluding hydrogens is 368 g/mol. The van der Waals surface area contributed by atoms with Gasteiger partial charge < -0.3 is 19.5 Å². The maximum Gasteiger partial charge on any atom is 0.273 e. The van der Waals surface area contributed by atoms with E-state index in [1.54, 1.807) is 32.5 Å². The lowest BCUT2D eigenvalue weighted by Crippen LogP contribution is -2.35. The fraction of sp³-hybridized carbons (Fsp3) is 0.222. The normalized spacial score (nSPS) is 10.5. The Morgan fingerprint density at radius 2 is 2.04 bits per heavy atom. The Hall–Kier alpha value is -3.20. The number of aryl methyl sites for hydroxylation is 1. The number of hydrogen-bond acceptors (Lipinski definition) is 7. The molecule has 2 heterocycles. The van der Waals surface area contributed by atoms with Gasteiger partial charge in [-0.15, -0.1) is 11.3 Å². The lowest BCUT2D eigenvalue weighted by molar-refractivity contribution is -0.116. The van der Waals surface area contributed by atoms with E-state index in [1.807, 2.05) is 24.3 Å². The summed E-state index contributed by atoms with van der Waals surface area (Å²) in [5, 5.41) is 8.66. The van der Waals surface area contributed by atoms with Gasteiger partial charge in [-0.1, -0.05) is 5.16 Å². The van der Waals surface area contributed by atoms with E-state index in [-0.39, 0.29) is 18.4 Å². The summed E-state index contributed by atoms with van der Waals surface area (Å²) in [5.41, 5.74) is 1.18. The van der Waals surface area contributed by atoms with Crippen molar-refractivity contribution in [3.63, 3.8) is 0 Å². The van der Waals surface area contributed by atoms with Crippen LogP contribution in [0.2, 0.25) is 0 Å². The van der Waals surface area contributed by atoms with Gasteiger partial charge in [-0.2, -0.15) is 0 Å². The predicted molar refractivity (Wildman–Crippen MR) is 101 cm³/mol. The molecular formula is C18H18N4O4S. The molecule has 0 bridgehead atoms. The van der Waals surface area contributed by atoms with Gasteiger partial charge in [-0.05, 0) is 31.2 Å². The molecule has 0 spiro atoms. The van der Waals surface area contributed by atoms with Crippen LogP contribution in [-0.4, -0.2) is 47.6 Å². The fourth-order valence-corrected chi connectivity index (χ4v) is 3.13. The first-order chi connectivity index (χ1) is 13.0. The Morgan fingerprint density at radius 1 is 1.30 bits per heavy atom. The Labute approximate surface area is 159 Å². The molecule has 2 amide bonds. The van der Waals surface area contributed by atoms with E-state index in [0.29, 0.717) is 17.3 Å². The van der Waals surface area contributed by atoms with Gasteiger partial charge in [0.05, 0.1) is 13.7 Å². The van der Waals surface area contributed by atoms with Crippen LogP contribution in [0.5, 0.6) is 5.75 Å². The molecule has 0 aliphatic carbocycles. The lowest BCUT2D eigenvalue weighted by atomic mass is 10.2. The van der Waals surface area contributed by atoms with Crippen molar-refractivity contribution in [1.82, 2.24) is 15.0 Å². The van der Waals surface area contributed by atoms with E-state index < -0.39 is 0 Å². The molecule has 9 heteroatoms. The summed E-state index contributed by atoms with van der Waals surface area (Å²) in [6, 6.07) is 9.02. The summed E-state index contributed by atoms with van der Waals surface area (Å²) in [6.07, 6.45) is 0. The average molecular weight is 386 g/mol. The van der Waals surface area contributed by atoms with Gasteiger partial charge in [0, 0.05) is 24.1 Å². The molecule has 1 N–H and O–H groups in total. The van der Waals surface area contributed by atoms with E-state index in [0.717, 1.165) is 16.3 Å². The SMILES string of the molecule is COc1ccc(-c2nc(C(=O)N(C)CC(=O)Nc3cc(C)on3)cs2)cc1. The number of carbonyl (C=O) groups excluding carboxylic acids is 2. The maximum atomic E-state index is 12.5. The fourth-order valence-electron chi connectivity index (χ4n) is 2.33. The van der Waals surface area contributed by atoms with Crippen molar-refractivity contribution in [1.29, 1.82) is 0 Å². The number of likely N-dealkylation sites (N-methyl/N-ethyl adjacent to an activating group) is 1. The van der Waals surface area contributed by atoms with Crippen LogP contribution in [0.25, 0.3) is 10.6 Å². The molecule has 27 heavy (non-hydrogen) atoms. The average Bonchev–Trinajstić information content (AvgIpc) is 3.30. The van der Waals surface area contributed by atoms with Crippen molar-refractivity contribution in [3.05, 3.63) is 47.2 Å². The minimum atomic E-state index is -0.371. The van der Waals surface area contributed by atoms with Crippen molar-refractivity contribution in [2.45, 2.75) is 6.92 Å². The largest absolute Gasteiger partial charge is 0.497 e. The molecule has 0 atom stereocenters. The Bertz CT molecular complexity index is 948. The van der Waals surface area contributed by atoms with Crippen molar-refractivity contribution in [2.24, 2.45) is 0 Å². The molecule has 0 aliphatic rings. The topological polar surface area (TPSA) is 97.6 Å². The highest BCUT2D eigenvalue weighted by atomic mass is 32.1. The van der Waals surface area contributed by atoms with E-state index >= 15 is 0 Å². The summed E-state index contributed by atoms with van der Waals surface area (Å²) < 4.78 is 10.0. The highest BCUT2D eigenvalue weighted by Gasteiger charge is 2.19. The standard InChI is InChI=1S/C18H18N4O4S/c1-11-8-15(21-26-11)20-16(23)9-22(2)18(24)14-10-27-17(19-14)12-4-6-13(25-3)7-5-12/h4-8,10H,9H2,1-3H3,(H,20,21,23).